The zero-order valence-electron chi connectivity index (χ0n) is 22.8. The number of benzene rings is 1. The standard InChI is InChI=1S/C29H40FN5O3/c1-29(2,3)38-28(37)35-23-10-8-20(15-23)26(35)27(36)32-21(17-31)14-19-7-9-22(16-25(19)30)34-13-5-12-33-11-4-6-24(33)18-34/h7,9,16,20-21,23-24,26H,4-6,8,10-15,18H2,1-3H3,(H,32,36)/t20-,21-,23+,24?,26-/m0/s1. The van der Waals surface area contributed by atoms with Crippen molar-refractivity contribution in [1.82, 2.24) is 15.1 Å². The molecule has 8 nitrogen and oxygen atoms in total. The Morgan fingerprint density at radius 2 is 1.95 bits per heavy atom. The second kappa shape index (κ2) is 10.7. The maximum atomic E-state index is 15.2. The van der Waals surface area contributed by atoms with E-state index in [9.17, 15) is 14.9 Å². The first kappa shape index (κ1) is 26.7. The van der Waals surface area contributed by atoms with Crippen LogP contribution in [0.25, 0.3) is 0 Å². The predicted molar refractivity (Wildman–Crippen MR) is 142 cm³/mol. The fourth-order valence-corrected chi connectivity index (χ4v) is 6.85. The molecule has 1 aromatic carbocycles. The van der Waals surface area contributed by atoms with Crippen molar-refractivity contribution in [3.8, 4) is 6.07 Å². The topological polar surface area (TPSA) is 88.9 Å². The number of piperidine rings is 1. The third-order valence-electron chi connectivity index (χ3n) is 8.56. The lowest BCUT2D eigenvalue weighted by atomic mass is 9.97. The Labute approximate surface area is 225 Å². The summed E-state index contributed by atoms with van der Waals surface area (Å²) in [5, 5.41) is 12.6. The van der Waals surface area contributed by atoms with Gasteiger partial charge in [-0.05, 0) is 89.5 Å². The average Bonchev–Trinajstić information content (AvgIpc) is 3.57. The fourth-order valence-electron chi connectivity index (χ4n) is 6.85. The van der Waals surface area contributed by atoms with E-state index < -0.39 is 23.8 Å². The number of fused-ring (bicyclic) bond motifs is 3. The number of rotatable bonds is 5. The molecule has 0 spiro atoms. The normalized spacial score (nSPS) is 28.0. The summed E-state index contributed by atoms with van der Waals surface area (Å²) in [5.74, 6) is -0.676. The summed E-state index contributed by atoms with van der Waals surface area (Å²) in [6.45, 7) is 9.47. The van der Waals surface area contributed by atoms with Crippen molar-refractivity contribution in [3.05, 3.63) is 29.6 Å². The molecule has 2 bridgehead atoms. The van der Waals surface area contributed by atoms with E-state index in [1.54, 1.807) is 37.8 Å². The molecule has 4 fully saturated rings. The van der Waals surface area contributed by atoms with Gasteiger partial charge in [-0.15, -0.1) is 0 Å². The van der Waals surface area contributed by atoms with Crippen LogP contribution in [0.3, 0.4) is 0 Å². The molecule has 1 saturated carbocycles. The summed E-state index contributed by atoms with van der Waals surface area (Å²) in [6.07, 6.45) is 5.53. The molecule has 1 aliphatic carbocycles. The first-order valence-corrected chi connectivity index (χ1v) is 14.1. The Bertz CT molecular complexity index is 1100. The van der Waals surface area contributed by atoms with Crippen LogP contribution in [0.4, 0.5) is 14.9 Å². The van der Waals surface area contributed by atoms with Gasteiger partial charge >= 0.3 is 6.09 Å². The van der Waals surface area contributed by atoms with Crippen molar-refractivity contribution >= 4 is 17.7 Å². The number of ether oxygens (including phenoxy) is 1. The molecule has 5 rings (SSSR count). The lowest BCUT2D eigenvalue weighted by Gasteiger charge is -2.35. The monoisotopic (exact) mass is 525 g/mol. The number of carbonyl (C=O) groups excluding carboxylic acids is 2. The van der Waals surface area contributed by atoms with E-state index in [0.717, 1.165) is 57.5 Å². The molecule has 3 saturated heterocycles. The van der Waals surface area contributed by atoms with Crippen molar-refractivity contribution in [2.45, 2.75) is 95.5 Å². The third kappa shape index (κ3) is 5.61. The Kier molecular flexibility index (Phi) is 7.54. The maximum Gasteiger partial charge on any atom is 0.411 e. The van der Waals surface area contributed by atoms with Gasteiger partial charge in [-0.2, -0.15) is 5.26 Å². The highest BCUT2D eigenvalue weighted by Gasteiger charge is 2.52. The van der Waals surface area contributed by atoms with Gasteiger partial charge in [0, 0.05) is 43.8 Å². The van der Waals surface area contributed by atoms with E-state index in [-0.39, 0.29) is 30.1 Å². The average molecular weight is 526 g/mol. The van der Waals surface area contributed by atoms with E-state index in [0.29, 0.717) is 11.6 Å². The maximum absolute atomic E-state index is 15.2. The number of anilines is 1. The number of nitrogens with zero attached hydrogens (tertiary/aromatic N) is 4. The van der Waals surface area contributed by atoms with Crippen LogP contribution < -0.4 is 10.2 Å². The van der Waals surface area contributed by atoms with Crippen molar-refractivity contribution < 1.29 is 18.7 Å². The van der Waals surface area contributed by atoms with Crippen LogP contribution in [0.2, 0.25) is 0 Å². The summed E-state index contributed by atoms with van der Waals surface area (Å²) in [6, 6.07) is 6.31. The zero-order chi connectivity index (χ0) is 27.0. The Hall–Kier alpha value is -2.86. The van der Waals surface area contributed by atoms with Crippen molar-refractivity contribution in [2.75, 3.05) is 31.1 Å². The molecule has 5 atom stereocenters. The van der Waals surface area contributed by atoms with E-state index in [2.05, 4.69) is 21.2 Å². The number of likely N-dealkylation sites (tertiary alicyclic amines) is 1. The van der Waals surface area contributed by atoms with E-state index in [1.165, 1.54) is 12.8 Å². The molecule has 1 aromatic rings. The van der Waals surface area contributed by atoms with Gasteiger partial charge in [0.1, 0.15) is 23.5 Å². The molecule has 206 valence electrons. The van der Waals surface area contributed by atoms with Crippen LogP contribution in [-0.4, -0.2) is 77.7 Å². The Morgan fingerprint density at radius 3 is 2.68 bits per heavy atom. The SMILES string of the molecule is CC(C)(C)OC(=O)N1[C@@H]2CC[C@@H](C2)[C@H]1C(=O)N[C@H](C#N)Cc1ccc(N2CCCN3CCCC3C2)cc1F. The molecule has 38 heavy (non-hydrogen) atoms. The van der Waals surface area contributed by atoms with Crippen molar-refractivity contribution in [1.29, 1.82) is 5.26 Å². The van der Waals surface area contributed by atoms with Gasteiger partial charge in [-0.25, -0.2) is 9.18 Å². The van der Waals surface area contributed by atoms with Crippen LogP contribution in [0.15, 0.2) is 18.2 Å². The number of amides is 2. The first-order chi connectivity index (χ1) is 18.1. The summed E-state index contributed by atoms with van der Waals surface area (Å²) >= 11 is 0. The second-order valence-corrected chi connectivity index (χ2v) is 12.4. The Morgan fingerprint density at radius 1 is 1.16 bits per heavy atom. The molecule has 3 aliphatic heterocycles. The van der Waals surface area contributed by atoms with Gasteiger partial charge in [0.25, 0.3) is 0 Å². The van der Waals surface area contributed by atoms with Crippen LogP contribution in [0, 0.1) is 23.1 Å². The van der Waals surface area contributed by atoms with Crippen LogP contribution in [0.5, 0.6) is 0 Å². The lowest BCUT2D eigenvalue weighted by molar-refractivity contribution is -0.128. The number of nitrogens with one attached hydrogen (secondary N) is 1. The van der Waals surface area contributed by atoms with Crippen molar-refractivity contribution in [2.24, 2.45) is 5.92 Å². The third-order valence-corrected chi connectivity index (χ3v) is 8.56. The van der Waals surface area contributed by atoms with E-state index in [1.807, 2.05) is 6.07 Å². The minimum atomic E-state index is -0.896. The Balaban J connectivity index is 1.24. The number of nitriles is 1. The molecule has 9 heteroatoms. The first-order valence-electron chi connectivity index (χ1n) is 14.1. The number of halogens is 1. The summed E-state index contributed by atoms with van der Waals surface area (Å²) in [5.41, 5.74) is 0.602. The summed E-state index contributed by atoms with van der Waals surface area (Å²) < 4.78 is 20.8. The van der Waals surface area contributed by atoms with Crippen LogP contribution in [-0.2, 0) is 16.0 Å². The van der Waals surface area contributed by atoms with Crippen molar-refractivity contribution in [3.63, 3.8) is 0 Å². The minimum absolute atomic E-state index is 0.0218. The largest absolute Gasteiger partial charge is 0.444 e. The zero-order valence-corrected chi connectivity index (χ0v) is 22.8. The molecule has 0 aromatic heterocycles. The quantitative estimate of drug-likeness (QED) is 0.629. The van der Waals surface area contributed by atoms with Gasteiger partial charge in [0.2, 0.25) is 5.91 Å². The molecule has 1 N–H and O–H groups in total. The summed E-state index contributed by atoms with van der Waals surface area (Å²) in [4.78, 5) is 32.6. The highest BCUT2D eigenvalue weighted by molar-refractivity contribution is 5.87. The van der Waals surface area contributed by atoms with Gasteiger partial charge in [0.05, 0.1) is 6.07 Å². The molecule has 0 radical (unpaired) electrons. The van der Waals surface area contributed by atoms with Gasteiger partial charge in [-0.1, -0.05) is 6.07 Å². The van der Waals surface area contributed by atoms with E-state index >= 15 is 4.39 Å². The predicted octanol–water partition coefficient (Wildman–Crippen LogP) is 3.84. The van der Waals surface area contributed by atoms with Gasteiger partial charge in [0.15, 0.2) is 0 Å². The smallest absolute Gasteiger partial charge is 0.411 e. The van der Waals surface area contributed by atoms with E-state index in [4.69, 9.17) is 4.74 Å². The molecule has 2 amide bonds. The molecule has 3 heterocycles. The lowest BCUT2D eigenvalue weighted by Crippen LogP contribution is -2.55. The molecule has 4 aliphatic rings. The summed E-state index contributed by atoms with van der Waals surface area (Å²) in [7, 11) is 0. The van der Waals surface area contributed by atoms with Crippen LogP contribution >= 0.6 is 0 Å². The van der Waals surface area contributed by atoms with Gasteiger partial charge in [-0.3, -0.25) is 14.6 Å². The second-order valence-electron chi connectivity index (χ2n) is 12.4. The highest BCUT2D eigenvalue weighted by atomic mass is 19.1. The highest BCUT2D eigenvalue weighted by Crippen LogP contribution is 2.43. The number of hydrogen-bond acceptors (Lipinski definition) is 6. The molecular weight excluding hydrogens is 485 g/mol. The fraction of sp³-hybridized carbons (Fsp3) is 0.690. The number of hydrogen-bond donors (Lipinski definition) is 1. The van der Waals surface area contributed by atoms with Crippen LogP contribution in [0.1, 0.15) is 64.9 Å². The molecule has 1 unspecified atom stereocenters. The molecular formula is C29H40FN5O3. The minimum Gasteiger partial charge on any atom is -0.444 e. The van der Waals surface area contributed by atoms with Gasteiger partial charge < -0.3 is 15.0 Å². The number of carbonyl (C=O) groups is 2.